The zero-order valence-corrected chi connectivity index (χ0v) is 15.3. The monoisotopic (exact) mass is 339 g/mol. The van der Waals surface area contributed by atoms with Crippen LogP contribution < -0.4 is 5.32 Å². The van der Waals surface area contributed by atoms with Crippen molar-refractivity contribution in [1.82, 2.24) is 24.6 Å². The molecule has 1 saturated heterocycles. The Morgan fingerprint density at radius 1 is 1.24 bits per heavy atom. The van der Waals surface area contributed by atoms with Crippen molar-refractivity contribution in [3.8, 4) is 0 Å². The lowest BCUT2D eigenvalue weighted by atomic mass is 10.0. The highest BCUT2D eigenvalue weighted by Crippen LogP contribution is 2.33. The van der Waals surface area contributed by atoms with Crippen LogP contribution in [0, 0.1) is 13.8 Å². The van der Waals surface area contributed by atoms with Crippen LogP contribution in [0.4, 0.5) is 0 Å². The third-order valence-electron chi connectivity index (χ3n) is 5.34. The van der Waals surface area contributed by atoms with Gasteiger partial charge in [0.15, 0.2) is 0 Å². The third kappa shape index (κ3) is 2.75. The Balaban J connectivity index is 1.54. The minimum Gasteiger partial charge on any atom is -0.372 e. The fraction of sp³-hybridized carbons (Fsp3) is 0.474. The SMILES string of the molecule is Cc1nn(C)c(C)c1[C@H]1OCC[C@@H]1NCc1nc2ccccc2n1C. The Morgan fingerprint density at radius 3 is 2.76 bits per heavy atom. The molecule has 0 spiro atoms. The molecule has 2 aromatic heterocycles. The smallest absolute Gasteiger partial charge is 0.123 e. The lowest BCUT2D eigenvalue weighted by Crippen LogP contribution is -2.32. The van der Waals surface area contributed by atoms with Crippen molar-refractivity contribution in [2.75, 3.05) is 6.61 Å². The normalized spacial score (nSPS) is 20.6. The molecular formula is C19H25N5O. The maximum atomic E-state index is 6.06. The van der Waals surface area contributed by atoms with Crippen LogP contribution in [0.3, 0.4) is 0 Å². The van der Waals surface area contributed by atoms with Crippen LogP contribution in [-0.4, -0.2) is 32.0 Å². The van der Waals surface area contributed by atoms with E-state index in [9.17, 15) is 0 Å². The van der Waals surface area contributed by atoms with Crippen LogP contribution in [0.15, 0.2) is 24.3 Å². The van der Waals surface area contributed by atoms with Gasteiger partial charge in [-0.3, -0.25) is 4.68 Å². The van der Waals surface area contributed by atoms with Crippen LogP contribution >= 0.6 is 0 Å². The predicted molar refractivity (Wildman–Crippen MR) is 97.3 cm³/mol. The minimum absolute atomic E-state index is 0.0587. The first-order chi connectivity index (χ1) is 12.1. The van der Waals surface area contributed by atoms with Crippen molar-refractivity contribution in [1.29, 1.82) is 0 Å². The molecule has 6 heteroatoms. The summed E-state index contributed by atoms with van der Waals surface area (Å²) in [4.78, 5) is 4.75. The zero-order chi connectivity index (χ0) is 17.6. The van der Waals surface area contributed by atoms with E-state index in [0.29, 0.717) is 0 Å². The van der Waals surface area contributed by atoms with E-state index in [1.807, 2.05) is 17.8 Å². The Bertz CT molecular complexity index is 910. The molecule has 1 aliphatic heterocycles. The molecule has 0 aliphatic carbocycles. The predicted octanol–water partition coefficient (Wildman–Crippen LogP) is 2.54. The topological polar surface area (TPSA) is 56.9 Å². The number of benzene rings is 1. The molecule has 3 heterocycles. The molecule has 1 N–H and O–H groups in total. The third-order valence-corrected chi connectivity index (χ3v) is 5.34. The van der Waals surface area contributed by atoms with E-state index >= 15 is 0 Å². The molecule has 0 saturated carbocycles. The van der Waals surface area contributed by atoms with E-state index in [0.717, 1.165) is 42.1 Å². The van der Waals surface area contributed by atoms with Crippen molar-refractivity contribution >= 4 is 11.0 Å². The molecular weight excluding hydrogens is 314 g/mol. The van der Waals surface area contributed by atoms with Crippen LogP contribution in [0.1, 0.15) is 35.3 Å². The Kier molecular flexibility index (Phi) is 4.09. The van der Waals surface area contributed by atoms with Gasteiger partial charge >= 0.3 is 0 Å². The second kappa shape index (κ2) is 6.28. The van der Waals surface area contributed by atoms with E-state index in [4.69, 9.17) is 9.72 Å². The first-order valence-electron chi connectivity index (χ1n) is 8.81. The van der Waals surface area contributed by atoms with Crippen LogP contribution in [-0.2, 0) is 25.4 Å². The van der Waals surface area contributed by atoms with Gasteiger partial charge in [-0.2, -0.15) is 5.10 Å². The minimum atomic E-state index is 0.0587. The summed E-state index contributed by atoms with van der Waals surface area (Å²) in [6, 6.07) is 8.52. The van der Waals surface area contributed by atoms with Gasteiger partial charge in [-0.25, -0.2) is 4.98 Å². The average molecular weight is 339 g/mol. The van der Waals surface area contributed by atoms with E-state index in [-0.39, 0.29) is 12.1 Å². The zero-order valence-electron chi connectivity index (χ0n) is 15.3. The standard InChI is InChI=1S/C19H25N5O/c1-12-18(13(2)24(4)22-12)19-15(9-10-25-19)20-11-17-21-14-7-5-6-8-16(14)23(17)3/h5-8,15,19-20H,9-11H2,1-4H3/t15-,19-/m0/s1. The van der Waals surface area contributed by atoms with Crippen LogP contribution in [0.2, 0.25) is 0 Å². The van der Waals surface area contributed by atoms with Gasteiger partial charge in [-0.15, -0.1) is 0 Å². The van der Waals surface area contributed by atoms with Crippen molar-refractivity contribution in [2.45, 2.75) is 39.0 Å². The van der Waals surface area contributed by atoms with Gasteiger partial charge in [-0.1, -0.05) is 12.1 Å². The van der Waals surface area contributed by atoms with E-state index < -0.39 is 0 Å². The molecule has 4 rings (SSSR count). The number of para-hydroxylation sites is 2. The van der Waals surface area contributed by atoms with Gasteiger partial charge < -0.3 is 14.6 Å². The van der Waals surface area contributed by atoms with E-state index in [1.54, 1.807) is 0 Å². The summed E-state index contributed by atoms with van der Waals surface area (Å²) in [6.45, 7) is 5.68. The van der Waals surface area contributed by atoms with Crippen molar-refractivity contribution in [3.63, 3.8) is 0 Å². The maximum absolute atomic E-state index is 6.06. The van der Waals surface area contributed by atoms with Gasteiger partial charge in [0, 0.05) is 38.0 Å². The Hall–Kier alpha value is -2.18. The van der Waals surface area contributed by atoms with E-state index in [2.05, 4.69) is 54.1 Å². The maximum Gasteiger partial charge on any atom is 0.123 e. The lowest BCUT2D eigenvalue weighted by Gasteiger charge is -2.20. The van der Waals surface area contributed by atoms with Crippen molar-refractivity contribution in [2.24, 2.45) is 14.1 Å². The van der Waals surface area contributed by atoms with Crippen LogP contribution in [0.25, 0.3) is 11.0 Å². The van der Waals surface area contributed by atoms with Gasteiger partial charge in [0.2, 0.25) is 0 Å². The van der Waals surface area contributed by atoms with Crippen molar-refractivity contribution < 1.29 is 4.74 Å². The summed E-state index contributed by atoms with van der Waals surface area (Å²) in [7, 11) is 4.06. The quantitative estimate of drug-likeness (QED) is 0.794. The second-order valence-electron chi connectivity index (χ2n) is 6.85. The highest BCUT2D eigenvalue weighted by atomic mass is 16.5. The summed E-state index contributed by atoms with van der Waals surface area (Å²) in [5.74, 6) is 1.05. The number of hydrogen-bond donors (Lipinski definition) is 1. The molecule has 6 nitrogen and oxygen atoms in total. The summed E-state index contributed by atoms with van der Waals surface area (Å²) in [5.41, 5.74) is 5.67. The summed E-state index contributed by atoms with van der Waals surface area (Å²) in [5, 5.41) is 8.21. The molecule has 25 heavy (non-hydrogen) atoms. The van der Waals surface area contributed by atoms with Gasteiger partial charge in [0.1, 0.15) is 11.9 Å². The van der Waals surface area contributed by atoms with Crippen LogP contribution in [0.5, 0.6) is 0 Å². The number of nitrogens with zero attached hydrogens (tertiary/aromatic N) is 4. The summed E-state index contributed by atoms with van der Waals surface area (Å²) in [6.07, 6.45) is 1.06. The molecule has 3 aromatic rings. The fourth-order valence-electron chi connectivity index (χ4n) is 3.86. The molecule has 0 radical (unpaired) electrons. The van der Waals surface area contributed by atoms with Crippen molar-refractivity contribution in [3.05, 3.63) is 47.0 Å². The number of fused-ring (bicyclic) bond motifs is 1. The molecule has 1 aliphatic rings. The first-order valence-corrected chi connectivity index (χ1v) is 8.81. The average Bonchev–Trinajstić information content (AvgIpc) is 3.24. The lowest BCUT2D eigenvalue weighted by molar-refractivity contribution is 0.0972. The van der Waals surface area contributed by atoms with E-state index in [1.165, 1.54) is 11.3 Å². The number of rotatable bonds is 4. The van der Waals surface area contributed by atoms with Gasteiger partial charge in [0.05, 0.1) is 23.3 Å². The second-order valence-corrected chi connectivity index (χ2v) is 6.85. The molecule has 132 valence electrons. The number of nitrogens with one attached hydrogen (secondary N) is 1. The fourth-order valence-corrected chi connectivity index (χ4v) is 3.86. The largest absolute Gasteiger partial charge is 0.372 e. The molecule has 0 unspecified atom stereocenters. The summed E-state index contributed by atoms with van der Waals surface area (Å²) < 4.78 is 10.2. The molecule has 0 bridgehead atoms. The molecule has 1 aromatic carbocycles. The number of ether oxygens (including phenoxy) is 1. The Labute approximate surface area is 147 Å². The highest BCUT2D eigenvalue weighted by Gasteiger charge is 2.33. The first kappa shape index (κ1) is 16.3. The van der Waals surface area contributed by atoms with Gasteiger partial charge in [0.25, 0.3) is 0 Å². The Morgan fingerprint density at radius 2 is 2.04 bits per heavy atom. The summed E-state index contributed by atoms with van der Waals surface area (Å²) >= 11 is 0. The highest BCUT2D eigenvalue weighted by molar-refractivity contribution is 5.75. The molecule has 0 amide bonds. The molecule has 2 atom stereocenters. The molecule has 1 fully saturated rings. The number of aryl methyl sites for hydroxylation is 3. The number of hydrogen-bond acceptors (Lipinski definition) is 4. The van der Waals surface area contributed by atoms with Gasteiger partial charge in [-0.05, 0) is 32.4 Å². The number of imidazole rings is 1. The number of aromatic nitrogens is 4.